The van der Waals surface area contributed by atoms with Crippen molar-refractivity contribution in [3.8, 4) is 6.07 Å². The Labute approximate surface area is 93.3 Å². The largest absolute Gasteiger partial charge is 0.371 e. The molecule has 84 valence electrons. The van der Waals surface area contributed by atoms with Gasteiger partial charge in [0, 0.05) is 0 Å². The van der Waals surface area contributed by atoms with E-state index in [9.17, 15) is 8.42 Å². The van der Waals surface area contributed by atoms with E-state index in [1.165, 1.54) is 24.3 Å². The van der Waals surface area contributed by atoms with Crippen molar-refractivity contribution < 1.29 is 17.3 Å². The molecule has 0 radical (unpaired) electrons. The fraction of sp³-hybridized carbons (Fsp3) is 0.300. The summed E-state index contributed by atoms with van der Waals surface area (Å²) in [5.41, 5.74) is 0.407. The van der Waals surface area contributed by atoms with Crippen LogP contribution in [-0.2, 0) is 19.0 Å². The van der Waals surface area contributed by atoms with E-state index < -0.39 is 10.1 Å². The molecule has 0 spiro atoms. The molecule has 1 aromatic rings. The topological polar surface area (TPSA) is 79.7 Å². The lowest BCUT2D eigenvalue weighted by atomic mass is 10.2. The molecule has 0 aliphatic carbocycles. The lowest BCUT2D eigenvalue weighted by Crippen LogP contribution is -2.10. The number of rotatable bonds is 4. The van der Waals surface area contributed by atoms with Crippen LogP contribution >= 0.6 is 0 Å². The normalized spacial score (nSPS) is 19.1. The maximum absolute atomic E-state index is 11.6. The van der Waals surface area contributed by atoms with Gasteiger partial charge < -0.3 is 4.74 Å². The Hall–Kier alpha value is -1.42. The van der Waals surface area contributed by atoms with Gasteiger partial charge in [0.05, 0.1) is 29.7 Å². The van der Waals surface area contributed by atoms with Gasteiger partial charge in [0.2, 0.25) is 0 Å². The fourth-order valence-corrected chi connectivity index (χ4v) is 2.03. The average molecular weight is 239 g/mol. The Morgan fingerprint density at radius 1 is 1.44 bits per heavy atom. The van der Waals surface area contributed by atoms with E-state index in [4.69, 9.17) is 14.2 Å². The smallest absolute Gasteiger partial charge is 0.297 e. The standard InChI is InChI=1S/C10H9NO4S/c11-5-8-1-3-10(4-2-8)16(12,13)15-7-9-6-14-9/h1-4,9H,6-7H2. The number of hydrogen-bond acceptors (Lipinski definition) is 5. The zero-order valence-electron chi connectivity index (χ0n) is 8.29. The maximum Gasteiger partial charge on any atom is 0.297 e. The number of hydrogen-bond donors (Lipinski definition) is 0. The summed E-state index contributed by atoms with van der Waals surface area (Å²) in [6.45, 7) is 0.589. The third kappa shape index (κ3) is 2.58. The molecule has 2 rings (SSSR count). The summed E-state index contributed by atoms with van der Waals surface area (Å²) in [7, 11) is -3.73. The van der Waals surface area contributed by atoms with Crippen LogP contribution in [0.4, 0.5) is 0 Å². The third-order valence-electron chi connectivity index (χ3n) is 2.08. The van der Waals surface area contributed by atoms with Gasteiger partial charge in [0.15, 0.2) is 0 Å². The molecule has 1 heterocycles. The second kappa shape index (κ2) is 4.22. The van der Waals surface area contributed by atoms with Crippen LogP contribution in [0.2, 0.25) is 0 Å². The predicted octanol–water partition coefficient (Wildman–Crippen LogP) is 0.662. The van der Waals surface area contributed by atoms with Crippen LogP contribution in [-0.4, -0.2) is 27.7 Å². The molecule has 1 aliphatic rings. The highest BCUT2D eigenvalue weighted by Crippen LogP contribution is 2.16. The van der Waals surface area contributed by atoms with Crippen LogP contribution in [0.1, 0.15) is 5.56 Å². The van der Waals surface area contributed by atoms with Crippen molar-refractivity contribution in [1.82, 2.24) is 0 Å². The highest BCUT2D eigenvalue weighted by atomic mass is 32.2. The molecule has 0 aromatic heterocycles. The minimum atomic E-state index is -3.73. The Morgan fingerprint density at radius 3 is 2.56 bits per heavy atom. The van der Waals surface area contributed by atoms with Crippen LogP contribution in [0.15, 0.2) is 29.2 Å². The quantitative estimate of drug-likeness (QED) is 0.569. The minimum Gasteiger partial charge on any atom is -0.371 e. The average Bonchev–Trinajstić information content (AvgIpc) is 3.10. The van der Waals surface area contributed by atoms with Crippen molar-refractivity contribution >= 4 is 10.1 Å². The second-order valence-corrected chi connectivity index (χ2v) is 4.95. The highest BCUT2D eigenvalue weighted by molar-refractivity contribution is 7.86. The maximum atomic E-state index is 11.6. The Balaban J connectivity index is 2.11. The molecular formula is C10H9NO4S. The van der Waals surface area contributed by atoms with Gasteiger partial charge in [-0.1, -0.05) is 0 Å². The van der Waals surface area contributed by atoms with Gasteiger partial charge in [0.25, 0.3) is 10.1 Å². The van der Waals surface area contributed by atoms with Crippen molar-refractivity contribution in [2.45, 2.75) is 11.0 Å². The molecule has 0 N–H and O–H groups in total. The summed E-state index contributed by atoms with van der Waals surface area (Å²) in [6, 6.07) is 7.48. The molecule has 1 unspecified atom stereocenters. The van der Waals surface area contributed by atoms with Gasteiger partial charge in [-0.3, -0.25) is 4.18 Å². The molecule has 0 amide bonds. The first-order valence-electron chi connectivity index (χ1n) is 4.63. The van der Waals surface area contributed by atoms with E-state index in [1.54, 1.807) is 0 Å². The SMILES string of the molecule is N#Cc1ccc(S(=O)(=O)OCC2CO2)cc1. The molecule has 0 bridgehead atoms. The van der Waals surface area contributed by atoms with Gasteiger partial charge in [-0.15, -0.1) is 0 Å². The van der Waals surface area contributed by atoms with E-state index in [1.807, 2.05) is 6.07 Å². The molecule has 5 nitrogen and oxygen atoms in total. The summed E-state index contributed by atoms with van der Waals surface area (Å²) in [6.07, 6.45) is -0.104. The van der Waals surface area contributed by atoms with Crippen molar-refractivity contribution in [1.29, 1.82) is 5.26 Å². The number of epoxide rings is 1. The second-order valence-electron chi connectivity index (χ2n) is 3.33. The third-order valence-corrected chi connectivity index (χ3v) is 3.38. The first kappa shape index (κ1) is 11.1. The van der Waals surface area contributed by atoms with E-state index in [0.717, 1.165) is 0 Å². The monoisotopic (exact) mass is 239 g/mol. The van der Waals surface area contributed by atoms with E-state index in [0.29, 0.717) is 12.2 Å². The minimum absolute atomic E-state index is 0.0440. The van der Waals surface area contributed by atoms with Crippen molar-refractivity contribution in [3.05, 3.63) is 29.8 Å². The van der Waals surface area contributed by atoms with Crippen LogP contribution < -0.4 is 0 Å². The first-order valence-corrected chi connectivity index (χ1v) is 6.04. The van der Waals surface area contributed by atoms with Crippen LogP contribution in [0, 0.1) is 11.3 Å². The Morgan fingerprint density at radius 2 is 2.06 bits per heavy atom. The van der Waals surface area contributed by atoms with Gasteiger partial charge >= 0.3 is 0 Å². The highest BCUT2D eigenvalue weighted by Gasteiger charge is 2.26. The summed E-state index contributed by atoms with van der Waals surface area (Å²) in [4.78, 5) is 0.0483. The van der Waals surface area contributed by atoms with E-state index in [2.05, 4.69) is 0 Å². The van der Waals surface area contributed by atoms with Crippen molar-refractivity contribution in [2.75, 3.05) is 13.2 Å². The van der Waals surface area contributed by atoms with Crippen LogP contribution in [0.25, 0.3) is 0 Å². The summed E-state index contributed by atoms with van der Waals surface area (Å²) < 4.78 is 32.8. The Kier molecular flexibility index (Phi) is 2.92. The van der Waals surface area contributed by atoms with Crippen LogP contribution in [0.3, 0.4) is 0 Å². The molecule has 16 heavy (non-hydrogen) atoms. The summed E-state index contributed by atoms with van der Waals surface area (Å²) in [5.74, 6) is 0. The van der Waals surface area contributed by atoms with Gasteiger partial charge in [0.1, 0.15) is 6.10 Å². The number of ether oxygens (including phenoxy) is 1. The molecule has 1 atom stereocenters. The summed E-state index contributed by atoms with van der Waals surface area (Å²) >= 11 is 0. The lowest BCUT2D eigenvalue weighted by Gasteiger charge is -2.03. The zero-order valence-corrected chi connectivity index (χ0v) is 9.11. The fourth-order valence-electron chi connectivity index (χ4n) is 1.09. The molecule has 6 heteroatoms. The first-order chi connectivity index (χ1) is 7.62. The molecular weight excluding hydrogens is 230 g/mol. The van der Waals surface area contributed by atoms with Crippen molar-refractivity contribution in [3.63, 3.8) is 0 Å². The predicted molar refractivity (Wildman–Crippen MR) is 54.0 cm³/mol. The van der Waals surface area contributed by atoms with Gasteiger partial charge in [-0.05, 0) is 24.3 Å². The number of nitrogens with zero attached hydrogens (tertiary/aromatic N) is 1. The molecule has 1 aromatic carbocycles. The molecule has 1 saturated heterocycles. The van der Waals surface area contributed by atoms with Crippen molar-refractivity contribution in [2.24, 2.45) is 0 Å². The van der Waals surface area contributed by atoms with E-state index in [-0.39, 0.29) is 17.6 Å². The molecule has 1 aliphatic heterocycles. The summed E-state index contributed by atoms with van der Waals surface area (Å²) in [5, 5.41) is 8.57. The molecule has 1 fully saturated rings. The van der Waals surface area contributed by atoms with Gasteiger partial charge in [-0.2, -0.15) is 13.7 Å². The zero-order chi connectivity index (χ0) is 11.6. The van der Waals surface area contributed by atoms with E-state index >= 15 is 0 Å². The Bertz CT molecular complexity index is 511. The molecule has 0 saturated carbocycles. The van der Waals surface area contributed by atoms with Crippen LogP contribution in [0.5, 0.6) is 0 Å². The lowest BCUT2D eigenvalue weighted by molar-refractivity contribution is 0.266. The number of benzene rings is 1. The van der Waals surface area contributed by atoms with Gasteiger partial charge in [-0.25, -0.2) is 0 Å². The number of nitriles is 1.